The standard InChI is InChI=1S/C64H43N3/c1-6-22-45(23-7-1)60-41-48-37-38-51(42-56(48)63-61(46-24-8-2-9-25-46)62(65-67(60)63)47-26-10-3-11-27-47)66(59-36-20-28-44-21-16-17-33-53(44)59)52-39-40-55-54-34-18-19-35-57(54)64(58(55)43-52,49-29-12-4-13-30-49)50-31-14-5-15-32-50/h1-43H. The lowest BCUT2D eigenvalue weighted by molar-refractivity contribution is 0.768. The molecule has 3 nitrogen and oxygen atoms in total. The molecule has 3 heteroatoms. The van der Waals surface area contributed by atoms with E-state index in [2.05, 4.69) is 270 Å². The van der Waals surface area contributed by atoms with Crippen LogP contribution < -0.4 is 4.90 Å². The quantitative estimate of drug-likeness (QED) is 0.152. The maximum atomic E-state index is 5.55. The van der Waals surface area contributed by atoms with Crippen molar-refractivity contribution in [3.05, 3.63) is 283 Å². The number of pyridine rings is 1. The van der Waals surface area contributed by atoms with E-state index >= 15 is 0 Å². The molecular weight excluding hydrogens is 811 g/mol. The van der Waals surface area contributed by atoms with Crippen molar-refractivity contribution in [2.45, 2.75) is 5.41 Å². The van der Waals surface area contributed by atoms with Gasteiger partial charge in [-0.15, -0.1) is 0 Å². The first kappa shape index (κ1) is 38.6. The number of hydrogen-bond donors (Lipinski definition) is 0. The van der Waals surface area contributed by atoms with Crippen LogP contribution in [0.15, 0.2) is 261 Å². The molecule has 12 aromatic rings. The van der Waals surface area contributed by atoms with Gasteiger partial charge in [-0.3, -0.25) is 0 Å². The molecule has 1 aliphatic carbocycles. The van der Waals surface area contributed by atoms with Gasteiger partial charge in [0.1, 0.15) is 5.69 Å². The Morgan fingerprint density at radius 2 is 0.925 bits per heavy atom. The van der Waals surface area contributed by atoms with Crippen molar-refractivity contribution in [1.29, 1.82) is 0 Å². The van der Waals surface area contributed by atoms with Gasteiger partial charge in [-0.25, -0.2) is 4.52 Å². The van der Waals surface area contributed by atoms with E-state index in [4.69, 9.17) is 5.10 Å². The Bertz CT molecular complexity index is 3740. The van der Waals surface area contributed by atoms with Crippen molar-refractivity contribution in [2.75, 3.05) is 4.90 Å². The molecule has 0 bridgehead atoms. The Balaban J connectivity index is 1.13. The van der Waals surface area contributed by atoms with Crippen molar-refractivity contribution in [1.82, 2.24) is 9.61 Å². The highest BCUT2D eigenvalue weighted by Gasteiger charge is 2.46. The molecule has 0 spiro atoms. The van der Waals surface area contributed by atoms with Crippen LogP contribution in [0.2, 0.25) is 0 Å². The van der Waals surface area contributed by atoms with Gasteiger partial charge in [0, 0.05) is 38.8 Å². The number of rotatable bonds is 8. The summed E-state index contributed by atoms with van der Waals surface area (Å²) in [7, 11) is 0. The molecule has 0 unspecified atom stereocenters. The molecule has 0 saturated heterocycles. The molecule has 2 heterocycles. The smallest absolute Gasteiger partial charge is 0.101 e. The zero-order chi connectivity index (χ0) is 44.3. The number of anilines is 3. The van der Waals surface area contributed by atoms with Crippen molar-refractivity contribution in [2.24, 2.45) is 0 Å². The molecule has 10 aromatic carbocycles. The molecule has 314 valence electrons. The normalized spacial score (nSPS) is 12.6. The molecule has 0 aliphatic heterocycles. The summed E-state index contributed by atoms with van der Waals surface area (Å²) < 4.78 is 2.19. The van der Waals surface area contributed by atoms with E-state index in [-0.39, 0.29) is 0 Å². The lowest BCUT2D eigenvalue weighted by Gasteiger charge is -2.35. The van der Waals surface area contributed by atoms with E-state index in [1.807, 2.05) is 0 Å². The van der Waals surface area contributed by atoms with Gasteiger partial charge in [0.05, 0.1) is 22.3 Å². The summed E-state index contributed by atoms with van der Waals surface area (Å²) >= 11 is 0. The van der Waals surface area contributed by atoms with Gasteiger partial charge in [0.15, 0.2) is 0 Å². The van der Waals surface area contributed by atoms with E-state index in [0.717, 1.165) is 67.0 Å². The molecule has 1 aliphatic rings. The third kappa shape index (κ3) is 6.09. The van der Waals surface area contributed by atoms with E-state index in [1.54, 1.807) is 0 Å². The maximum absolute atomic E-state index is 5.55. The van der Waals surface area contributed by atoms with Crippen LogP contribution >= 0.6 is 0 Å². The second kappa shape index (κ2) is 15.7. The predicted octanol–water partition coefficient (Wildman–Crippen LogP) is 16.5. The zero-order valence-corrected chi connectivity index (χ0v) is 36.7. The number of hydrogen-bond acceptors (Lipinski definition) is 2. The zero-order valence-electron chi connectivity index (χ0n) is 36.7. The second-order valence-corrected chi connectivity index (χ2v) is 17.5. The van der Waals surface area contributed by atoms with Gasteiger partial charge in [0.25, 0.3) is 0 Å². The molecule has 0 saturated carbocycles. The molecule has 0 fully saturated rings. The van der Waals surface area contributed by atoms with Crippen LogP contribution in [0, 0.1) is 0 Å². The fraction of sp³-hybridized carbons (Fsp3) is 0.0156. The minimum atomic E-state index is -0.547. The second-order valence-electron chi connectivity index (χ2n) is 17.5. The molecule has 0 radical (unpaired) electrons. The lowest BCUT2D eigenvalue weighted by Crippen LogP contribution is -2.28. The Morgan fingerprint density at radius 3 is 1.64 bits per heavy atom. The third-order valence-corrected chi connectivity index (χ3v) is 13.8. The molecule has 0 atom stereocenters. The summed E-state index contributed by atoms with van der Waals surface area (Å²) in [5, 5.41) is 10.2. The molecule has 13 rings (SSSR count). The first-order valence-electron chi connectivity index (χ1n) is 23.0. The Kier molecular flexibility index (Phi) is 9.07. The van der Waals surface area contributed by atoms with Crippen LogP contribution in [-0.4, -0.2) is 9.61 Å². The van der Waals surface area contributed by atoms with Crippen molar-refractivity contribution < 1.29 is 0 Å². The monoisotopic (exact) mass is 853 g/mol. The molecule has 2 aromatic heterocycles. The van der Waals surface area contributed by atoms with Crippen LogP contribution in [0.25, 0.3) is 71.8 Å². The number of nitrogens with zero attached hydrogens (tertiary/aromatic N) is 3. The number of benzene rings is 10. The molecule has 0 amide bonds. The highest BCUT2D eigenvalue weighted by Crippen LogP contribution is 2.57. The average molecular weight is 854 g/mol. The Labute approximate surface area is 390 Å². The van der Waals surface area contributed by atoms with Gasteiger partial charge in [-0.2, -0.15) is 5.10 Å². The van der Waals surface area contributed by atoms with Crippen molar-refractivity contribution in [3.63, 3.8) is 0 Å². The van der Waals surface area contributed by atoms with E-state index in [9.17, 15) is 0 Å². The summed E-state index contributed by atoms with van der Waals surface area (Å²) in [4.78, 5) is 2.48. The van der Waals surface area contributed by atoms with E-state index in [1.165, 1.54) is 44.2 Å². The summed E-state index contributed by atoms with van der Waals surface area (Å²) in [5.41, 5.74) is 17.7. The molecule has 67 heavy (non-hydrogen) atoms. The van der Waals surface area contributed by atoms with Gasteiger partial charge < -0.3 is 4.90 Å². The van der Waals surface area contributed by atoms with Crippen LogP contribution in [0.4, 0.5) is 17.1 Å². The highest BCUT2D eigenvalue weighted by atomic mass is 15.2. The minimum Gasteiger partial charge on any atom is -0.310 e. The number of fused-ring (bicyclic) bond motifs is 7. The summed E-state index contributed by atoms with van der Waals surface area (Å²) in [6.45, 7) is 0. The molecule has 0 N–H and O–H groups in total. The Hall–Kier alpha value is -8.79. The van der Waals surface area contributed by atoms with Crippen LogP contribution in [0.1, 0.15) is 22.3 Å². The third-order valence-electron chi connectivity index (χ3n) is 13.8. The number of aromatic nitrogens is 2. The fourth-order valence-electron chi connectivity index (χ4n) is 11.0. The summed E-state index contributed by atoms with van der Waals surface area (Å²) in [5.74, 6) is 0. The first-order chi connectivity index (χ1) is 33.3. The molecular formula is C64H43N3. The van der Waals surface area contributed by atoms with Gasteiger partial charge in [-0.05, 0) is 86.1 Å². The van der Waals surface area contributed by atoms with Crippen LogP contribution in [0.5, 0.6) is 0 Å². The average Bonchev–Trinajstić information content (AvgIpc) is 3.95. The van der Waals surface area contributed by atoms with Gasteiger partial charge in [0.2, 0.25) is 0 Å². The lowest BCUT2D eigenvalue weighted by atomic mass is 9.67. The van der Waals surface area contributed by atoms with Gasteiger partial charge >= 0.3 is 0 Å². The Morgan fingerprint density at radius 1 is 0.373 bits per heavy atom. The minimum absolute atomic E-state index is 0.547. The fourth-order valence-corrected chi connectivity index (χ4v) is 11.0. The van der Waals surface area contributed by atoms with Crippen molar-refractivity contribution in [3.8, 4) is 44.8 Å². The highest BCUT2D eigenvalue weighted by molar-refractivity contribution is 6.10. The largest absolute Gasteiger partial charge is 0.310 e. The van der Waals surface area contributed by atoms with E-state index < -0.39 is 5.41 Å². The van der Waals surface area contributed by atoms with E-state index in [0.29, 0.717) is 0 Å². The SMILES string of the molecule is c1ccc(-c2nn3c(-c4ccccc4)cc4ccc(N(c5ccc6c(c5)C(c5ccccc5)(c5ccccc5)c5ccccc5-6)c5cccc6ccccc56)cc4c3c2-c2ccccc2)cc1. The predicted molar refractivity (Wildman–Crippen MR) is 278 cm³/mol. The van der Waals surface area contributed by atoms with Crippen LogP contribution in [0.3, 0.4) is 0 Å². The summed E-state index contributed by atoms with van der Waals surface area (Å²) in [6.07, 6.45) is 0. The van der Waals surface area contributed by atoms with Crippen molar-refractivity contribution >= 4 is 44.1 Å². The van der Waals surface area contributed by atoms with Crippen LogP contribution in [-0.2, 0) is 5.41 Å². The first-order valence-corrected chi connectivity index (χ1v) is 23.0. The maximum Gasteiger partial charge on any atom is 0.101 e. The van der Waals surface area contributed by atoms with Gasteiger partial charge in [-0.1, -0.05) is 224 Å². The topological polar surface area (TPSA) is 20.5 Å². The summed E-state index contributed by atoms with van der Waals surface area (Å²) in [6, 6.07) is 95.0.